The lowest BCUT2D eigenvalue weighted by molar-refractivity contribution is -0.00906. The third-order valence-electron chi connectivity index (χ3n) is 3.26. The van der Waals surface area contributed by atoms with Crippen molar-refractivity contribution >= 4 is 0 Å². The van der Waals surface area contributed by atoms with Crippen molar-refractivity contribution in [2.75, 3.05) is 13.2 Å². The van der Waals surface area contributed by atoms with E-state index in [1.807, 2.05) is 24.7 Å². The second kappa shape index (κ2) is 4.97. The van der Waals surface area contributed by atoms with Crippen LogP contribution in [0.1, 0.15) is 24.2 Å². The molecule has 0 aromatic carbocycles. The highest BCUT2D eigenvalue weighted by Gasteiger charge is 2.23. The van der Waals surface area contributed by atoms with E-state index in [2.05, 4.69) is 5.10 Å². The molecule has 1 fully saturated rings. The number of hydrogen-bond donors (Lipinski definition) is 1. The third kappa shape index (κ3) is 2.62. The fourth-order valence-electron chi connectivity index (χ4n) is 2.31. The monoisotopic (exact) mass is 224 g/mol. The van der Waals surface area contributed by atoms with Crippen LogP contribution in [0.5, 0.6) is 0 Å². The summed E-state index contributed by atoms with van der Waals surface area (Å²) < 4.78 is 7.24. The molecule has 0 radical (unpaired) electrons. The van der Waals surface area contributed by atoms with Gasteiger partial charge in [0.25, 0.3) is 0 Å². The van der Waals surface area contributed by atoms with Gasteiger partial charge in [-0.25, -0.2) is 0 Å². The molecule has 0 amide bonds. The molecule has 2 rings (SSSR count). The summed E-state index contributed by atoms with van der Waals surface area (Å²) in [5.41, 5.74) is 2.10. The molecule has 1 N–H and O–H groups in total. The molecule has 0 saturated carbocycles. The van der Waals surface area contributed by atoms with Gasteiger partial charge in [-0.15, -0.1) is 0 Å². The van der Waals surface area contributed by atoms with Crippen LogP contribution in [0.2, 0.25) is 0 Å². The van der Waals surface area contributed by atoms with Gasteiger partial charge in [-0.1, -0.05) is 0 Å². The summed E-state index contributed by atoms with van der Waals surface area (Å²) in [4.78, 5) is 0. The molecule has 16 heavy (non-hydrogen) atoms. The van der Waals surface area contributed by atoms with Gasteiger partial charge < -0.3 is 9.84 Å². The molecule has 0 bridgehead atoms. The van der Waals surface area contributed by atoms with Gasteiger partial charge in [0.05, 0.1) is 18.4 Å². The first-order valence-corrected chi connectivity index (χ1v) is 5.92. The van der Waals surface area contributed by atoms with Crippen molar-refractivity contribution in [2.24, 2.45) is 13.0 Å². The van der Waals surface area contributed by atoms with E-state index in [9.17, 15) is 5.11 Å². The molecule has 0 spiro atoms. The molecule has 4 heteroatoms. The van der Waals surface area contributed by atoms with Crippen LogP contribution in [0, 0.1) is 12.8 Å². The Morgan fingerprint density at radius 3 is 3.06 bits per heavy atom. The first kappa shape index (κ1) is 11.6. The highest BCUT2D eigenvalue weighted by Crippen LogP contribution is 2.20. The molecule has 4 nitrogen and oxygen atoms in total. The van der Waals surface area contributed by atoms with E-state index in [0.717, 1.165) is 30.8 Å². The smallest absolute Gasteiger partial charge is 0.0645 e. The summed E-state index contributed by atoms with van der Waals surface area (Å²) in [5.74, 6) is 0.281. The van der Waals surface area contributed by atoms with E-state index in [1.54, 1.807) is 0 Å². The Morgan fingerprint density at radius 1 is 1.69 bits per heavy atom. The predicted molar refractivity (Wildman–Crippen MR) is 61.2 cm³/mol. The average Bonchev–Trinajstić information content (AvgIpc) is 2.59. The van der Waals surface area contributed by atoms with E-state index >= 15 is 0 Å². The summed E-state index contributed by atoms with van der Waals surface area (Å²) in [5, 5.41) is 14.4. The highest BCUT2D eigenvalue weighted by atomic mass is 16.5. The lowest BCUT2D eigenvalue weighted by atomic mass is 9.93. The summed E-state index contributed by atoms with van der Waals surface area (Å²) in [6.07, 6.45) is 2.49. The van der Waals surface area contributed by atoms with Crippen molar-refractivity contribution in [3.8, 4) is 0 Å². The Bertz CT molecular complexity index is 343. The van der Waals surface area contributed by atoms with Gasteiger partial charge in [0.2, 0.25) is 0 Å². The minimum atomic E-state index is -0.310. The third-order valence-corrected chi connectivity index (χ3v) is 3.26. The average molecular weight is 224 g/mol. The van der Waals surface area contributed by atoms with Crippen molar-refractivity contribution in [1.29, 1.82) is 0 Å². The number of aromatic nitrogens is 2. The molecule has 0 aliphatic carbocycles. The van der Waals surface area contributed by atoms with Gasteiger partial charge in [-0.3, -0.25) is 4.68 Å². The van der Waals surface area contributed by atoms with Crippen LogP contribution in [-0.2, 0) is 18.2 Å². The van der Waals surface area contributed by atoms with E-state index in [-0.39, 0.29) is 12.0 Å². The SMILES string of the molecule is Cc1cc(CC(O)C2CCCOC2)n(C)n1. The number of aliphatic hydroxyl groups excluding tert-OH is 1. The molecule has 1 aliphatic heterocycles. The first-order valence-electron chi connectivity index (χ1n) is 5.92. The standard InChI is InChI=1S/C12H20N2O2/c1-9-6-11(14(2)13-9)7-12(15)10-4-3-5-16-8-10/h6,10,12,15H,3-5,7-8H2,1-2H3. The number of ether oxygens (including phenoxy) is 1. The Hall–Kier alpha value is -0.870. The van der Waals surface area contributed by atoms with E-state index in [1.165, 1.54) is 0 Å². The second-order valence-electron chi connectivity index (χ2n) is 4.65. The van der Waals surface area contributed by atoms with Gasteiger partial charge in [-0.2, -0.15) is 5.10 Å². The molecule has 1 aliphatic rings. The predicted octanol–water partition coefficient (Wildman–Crippen LogP) is 1.06. The minimum Gasteiger partial charge on any atom is -0.392 e. The molecule has 1 aromatic rings. The van der Waals surface area contributed by atoms with Crippen LogP contribution < -0.4 is 0 Å². The summed E-state index contributed by atoms with van der Waals surface area (Å²) in [6.45, 7) is 3.51. The fraction of sp³-hybridized carbons (Fsp3) is 0.750. The van der Waals surface area contributed by atoms with Gasteiger partial charge in [0.15, 0.2) is 0 Å². The molecule has 90 valence electrons. The van der Waals surface area contributed by atoms with Crippen molar-refractivity contribution in [3.05, 3.63) is 17.5 Å². The van der Waals surface area contributed by atoms with Gasteiger partial charge in [0.1, 0.15) is 0 Å². The topological polar surface area (TPSA) is 47.3 Å². The lowest BCUT2D eigenvalue weighted by Gasteiger charge is -2.26. The molecule has 2 heterocycles. The van der Waals surface area contributed by atoms with Gasteiger partial charge in [0, 0.05) is 31.7 Å². The van der Waals surface area contributed by atoms with Crippen LogP contribution in [-0.4, -0.2) is 34.2 Å². The van der Waals surface area contributed by atoms with E-state index in [0.29, 0.717) is 13.0 Å². The maximum Gasteiger partial charge on any atom is 0.0645 e. The zero-order valence-corrected chi connectivity index (χ0v) is 10.0. The Labute approximate surface area is 96.2 Å². The maximum absolute atomic E-state index is 10.1. The highest BCUT2D eigenvalue weighted by molar-refractivity contribution is 5.09. The molecule has 2 unspecified atom stereocenters. The number of aliphatic hydroxyl groups is 1. The van der Waals surface area contributed by atoms with E-state index < -0.39 is 0 Å². The Morgan fingerprint density at radius 2 is 2.50 bits per heavy atom. The summed E-state index contributed by atoms with van der Waals surface area (Å²) >= 11 is 0. The molecular formula is C12H20N2O2. The van der Waals surface area contributed by atoms with Crippen LogP contribution in [0.15, 0.2) is 6.07 Å². The molecule has 1 aromatic heterocycles. The second-order valence-corrected chi connectivity index (χ2v) is 4.65. The van der Waals surface area contributed by atoms with Crippen molar-refractivity contribution < 1.29 is 9.84 Å². The Balaban J connectivity index is 1.95. The number of hydrogen-bond acceptors (Lipinski definition) is 3. The van der Waals surface area contributed by atoms with Crippen molar-refractivity contribution in [1.82, 2.24) is 9.78 Å². The van der Waals surface area contributed by atoms with Crippen LogP contribution in [0.3, 0.4) is 0 Å². The maximum atomic E-state index is 10.1. The normalized spacial score (nSPS) is 23.3. The van der Waals surface area contributed by atoms with Crippen LogP contribution >= 0.6 is 0 Å². The quantitative estimate of drug-likeness (QED) is 0.835. The molecule has 1 saturated heterocycles. The zero-order chi connectivity index (χ0) is 11.5. The molecular weight excluding hydrogens is 204 g/mol. The Kier molecular flexibility index (Phi) is 3.61. The van der Waals surface area contributed by atoms with Crippen molar-refractivity contribution in [3.63, 3.8) is 0 Å². The van der Waals surface area contributed by atoms with Gasteiger partial charge >= 0.3 is 0 Å². The molecule has 2 atom stereocenters. The van der Waals surface area contributed by atoms with E-state index in [4.69, 9.17) is 4.74 Å². The zero-order valence-electron chi connectivity index (χ0n) is 10.0. The lowest BCUT2D eigenvalue weighted by Crippen LogP contribution is -2.31. The van der Waals surface area contributed by atoms with Crippen LogP contribution in [0.25, 0.3) is 0 Å². The largest absolute Gasteiger partial charge is 0.392 e. The van der Waals surface area contributed by atoms with Gasteiger partial charge in [-0.05, 0) is 25.8 Å². The number of nitrogens with zero attached hydrogens (tertiary/aromatic N) is 2. The minimum absolute atomic E-state index is 0.281. The fourth-order valence-corrected chi connectivity index (χ4v) is 2.31. The number of aryl methyl sites for hydroxylation is 2. The first-order chi connectivity index (χ1) is 7.66. The summed E-state index contributed by atoms with van der Waals surface area (Å²) in [7, 11) is 1.92. The van der Waals surface area contributed by atoms with Crippen molar-refractivity contribution in [2.45, 2.75) is 32.3 Å². The van der Waals surface area contributed by atoms with Crippen LogP contribution in [0.4, 0.5) is 0 Å². The number of rotatable bonds is 3. The summed E-state index contributed by atoms with van der Waals surface area (Å²) in [6, 6.07) is 2.03.